The lowest BCUT2D eigenvalue weighted by molar-refractivity contribution is 0.409. The van der Waals surface area contributed by atoms with Crippen molar-refractivity contribution in [2.45, 2.75) is 0 Å². The largest absolute Gasteiger partial charge is 0.421 e. The number of benzene rings is 2. The predicted octanol–water partition coefficient (Wildman–Crippen LogP) is 4.66. The Bertz CT molecular complexity index is 1260. The zero-order valence-corrected chi connectivity index (χ0v) is 15.8. The Hall–Kier alpha value is -4.07. The third-order valence-electron chi connectivity index (χ3n) is 4.23. The smallest absolute Gasteiger partial charge is 0.324 e. The van der Waals surface area contributed by atoms with E-state index in [-0.39, 0.29) is 17.3 Å². The summed E-state index contributed by atoms with van der Waals surface area (Å²) in [6.07, 6.45) is 1.62. The molecule has 0 radical (unpaired) electrons. The lowest BCUT2D eigenvalue weighted by Gasteiger charge is -2.11. The summed E-state index contributed by atoms with van der Waals surface area (Å²) in [6.45, 7) is 0. The molecule has 0 fully saturated rings. The van der Waals surface area contributed by atoms with E-state index >= 15 is 0 Å². The minimum absolute atomic E-state index is 0.134. The molecule has 0 aliphatic heterocycles. The van der Waals surface area contributed by atoms with Crippen molar-refractivity contribution in [3.05, 3.63) is 94.9 Å². The van der Waals surface area contributed by atoms with Crippen LogP contribution in [0.2, 0.25) is 0 Å². The molecule has 6 nitrogen and oxygen atoms in total. The highest BCUT2D eigenvalue weighted by molar-refractivity contribution is 5.65. The van der Waals surface area contributed by atoms with Gasteiger partial charge in [0.05, 0.1) is 5.69 Å². The van der Waals surface area contributed by atoms with Crippen molar-refractivity contribution in [3.63, 3.8) is 0 Å². The second-order valence-corrected chi connectivity index (χ2v) is 6.46. The van der Waals surface area contributed by atoms with Gasteiger partial charge in [-0.2, -0.15) is 9.97 Å². The Kier molecular flexibility index (Phi) is 5.21. The van der Waals surface area contributed by atoms with Crippen molar-refractivity contribution < 1.29 is 13.5 Å². The van der Waals surface area contributed by atoms with E-state index in [1.54, 1.807) is 25.4 Å². The van der Waals surface area contributed by atoms with Crippen LogP contribution in [0, 0.1) is 11.6 Å². The fourth-order valence-corrected chi connectivity index (χ4v) is 2.75. The lowest BCUT2D eigenvalue weighted by atomic mass is 10.2. The Morgan fingerprint density at radius 2 is 1.77 bits per heavy atom. The van der Waals surface area contributed by atoms with Crippen LogP contribution < -0.4 is 15.6 Å². The van der Waals surface area contributed by atoms with Gasteiger partial charge in [0.1, 0.15) is 11.6 Å². The molecule has 2 heterocycles. The maximum absolute atomic E-state index is 14.0. The number of nitrogens with one attached hydrogen (secondary N) is 1. The van der Waals surface area contributed by atoms with Gasteiger partial charge in [-0.1, -0.05) is 18.2 Å². The number of rotatable bonds is 5. The minimum atomic E-state index is -0.872. The molecule has 0 aliphatic rings. The summed E-state index contributed by atoms with van der Waals surface area (Å²) in [4.78, 5) is 20.3. The molecule has 0 amide bonds. The summed E-state index contributed by atoms with van der Waals surface area (Å²) >= 11 is 0. The molecule has 0 atom stereocenters. The van der Waals surface area contributed by atoms with Crippen LogP contribution in [0.3, 0.4) is 0 Å². The SMILES string of the molecule is Cn1cc(-c2cc(Nc3ccccc3)nc(Oc3ccc(F)cc3F)n2)ccc1=O. The van der Waals surface area contributed by atoms with Crippen LogP contribution in [-0.4, -0.2) is 14.5 Å². The van der Waals surface area contributed by atoms with Gasteiger partial charge in [-0.3, -0.25) is 4.79 Å². The normalized spacial score (nSPS) is 10.6. The highest BCUT2D eigenvalue weighted by atomic mass is 19.1. The fourth-order valence-electron chi connectivity index (χ4n) is 2.75. The van der Waals surface area contributed by atoms with Gasteiger partial charge in [0.15, 0.2) is 11.6 Å². The number of pyridine rings is 1. The molecule has 4 aromatic rings. The molecule has 1 N–H and O–H groups in total. The Morgan fingerprint density at radius 1 is 0.967 bits per heavy atom. The summed E-state index contributed by atoms with van der Waals surface area (Å²) in [6, 6.07) is 16.9. The molecule has 0 bridgehead atoms. The van der Waals surface area contributed by atoms with E-state index in [4.69, 9.17) is 4.74 Å². The molecule has 0 saturated carbocycles. The van der Waals surface area contributed by atoms with Gasteiger partial charge >= 0.3 is 6.01 Å². The van der Waals surface area contributed by atoms with Crippen LogP contribution in [0.15, 0.2) is 77.7 Å². The van der Waals surface area contributed by atoms with Crippen LogP contribution in [-0.2, 0) is 7.05 Å². The molecule has 0 aliphatic carbocycles. The predicted molar refractivity (Wildman–Crippen MR) is 109 cm³/mol. The number of aryl methyl sites for hydroxylation is 1. The van der Waals surface area contributed by atoms with Gasteiger partial charge < -0.3 is 14.6 Å². The summed E-state index contributed by atoms with van der Waals surface area (Å²) in [5.74, 6) is -1.40. The van der Waals surface area contributed by atoms with Gasteiger partial charge in [-0.05, 0) is 30.3 Å². The lowest BCUT2D eigenvalue weighted by Crippen LogP contribution is -2.14. The van der Waals surface area contributed by atoms with Crippen LogP contribution in [0.5, 0.6) is 11.8 Å². The van der Waals surface area contributed by atoms with Crippen molar-refractivity contribution in [2.24, 2.45) is 7.05 Å². The van der Waals surface area contributed by atoms with Crippen molar-refractivity contribution in [1.82, 2.24) is 14.5 Å². The van der Waals surface area contributed by atoms with Gasteiger partial charge in [-0.25, -0.2) is 8.78 Å². The number of hydrogen-bond donors (Lipinski definition) is 1. The molecule has 0 saturated heterocycles. The van der Waals surface area contributed by atoms with E-state index in [2.05, 4.69) is 15.3 Å². The number of anilines is 2. The summed E-state index contributed by atoms with van der Waals surface area (Å²) < 4.78 is 34.1. The minimum Gasteiger partial charge on any atom is -0.421 e. The average molecular weight is 406 g/mol. The van der Waals surface area contributed by atoms with Gasteiger partial charge in [0, 0.05) is 42.7 Å². The topological polar surface area (TPSA) is 69.0 Å². The number of halogens is 2. The number of aromatic nitrogens is 3. The molecule has 8 heteroatoms. The summed E-state index contributed by atoms with van der Waals surface area (Å²) in [5, 5.41) is 3.14. The van der Waals surface area contributed by atoms with E-state index in [1.807, 2.05) is 30.3 Å². The van der Waals surface area contributed by atoms with Crippen molar-refractivity contribution in [2.75, 3.05) is 5.32 Å². The number of ether oxygens (including phenoxy) is 1. The molecule has 30 heavy (non-hydrogen) atoms. The van der Waals surface area contributed by atoms with Crippen LogP contribution in [0.1, 0.15) is 0 Å². The Morgan fingerprint density at radius 3 is 2.50 bits per heavy atom. The monoisotopic (exact) mass is 406 g/mol. The summed E-state index contributed by atoms with van der Waals surface area (Å²) in [7, 11) is 1.63. The van der Waals surface area contributed by atoms with E-state index in [9.17, 15) is 13.6 Å². The highest BCUT2D eigenvalue weighted by Crippen LogP contribution is 2.28. The maximum Gasteiger partial charge on any atom is 0.324 e. The number of nitrogens with zero attached hydrogens (tertiary/aromatic N) is 3. The highest BCUT2D eigenvalue weighted by Gasteiger charge is 2.13. The molecular formula is C22H16F2N4O2. The van der Waals surface area contributed by atoms with Gasteiger partial charge in [-0.15, -0.1) is 0 Å². The molecule has 4 rings (SSSR count). The molecular weight excluding hydrogens is 390 g/mol. The van der Waals surface area contributed by atoms with Gasteiger partial charge in [0.25, 0.3) is 0 Å². The zero-order valence-electron chi connectivity index (χ0n) is 15.8. The molecule has 2 aromatic carbocycles. The molecule has 2 aromatic heterocycles. The zero-order chi connectivity index (χ0) is 21.1. The summed E-state index contributed by atoms with van der Waals surface area (Å²) in [5.41, 5.74) is 1.71. The van der Waals surface area contributed by atoms with E-state index < -0.39 is 11.6 Å². The molecule has 150 valence electrons. The number of hydrogen-bond acceptors (Lipinski definition) is 5. The first-order valence-electron chi connectivity index (χ1n) is 8.99. The van der Waals surface area contributed by atoms with Crippen LogP contribution in [0.25, 0.3) is 11.3 Å². The van der Waals surface area contributed by atoms with Gasteiger partial charge in [0.2, 0.25) is 5.56 Å². The third-order valence-corrected chi connectivity index (χ3v) is 4.23. The van der Waals surface area contributed by atoms with Crippen LogP contribution >= 0.6 is 0 Å². The van der Waals surface area contributed by atoms with Crippen LogP contribution in [0.4, 0.5) is 20.3 Å². The van der Waals surface area contributed by atoms with E-state index in [1.165, 1.54) is 10.6 Å². The second-order valence-electron chi connectivity index (χ2n) is 6.46. The van der Waals surface area contributed by atoms with E-state index in [0.717, 1.165) is 23.9 Å². The first-order valence-corrected chi connectivity index (χ1v) is 8.99. The fraction of sp³-hybridized carbons (Fsp3) is 0.0455. The Balaban J connectivity index is 1.76. The third kappa shape index (κ3) is 4.33. The average Bonchev–Trinajstić information content (AvgIpc) is 2.73. The first kappa shape index (κ1) is 19.3. The maximum atomic E-state index is 14.0. The number of para-hydroxylation sites is 1. The molecule has 0 spiro atoms. The second kappa shape index (κ2) is 8.12. The molecule has 0 unspecified atom stereocenters. The first-order chi connectivity index (χ1) is 14.5. The quantitative estimate of drug-likeness (QED) is 0.522. The van der Waals surface area contributed by atoms with Crippen molar-refractivity contribution >= 4 is 11.5 Å². The van der Waals surface area contributed by atoms with Crippen molar-refractivity contribution in [3.8, 4) is 23.0 Å². The van der Waals surface area contributed by atoms with E-state index in [0.29, 0.717) is 17.1 Å². The van der Waals surface area contributed by atoms with Crippen molar-refractivity contribution in [1.29, 1.82) is 0 Å². The standard InChI is InChI=1S/C22H16F2N4O2/c1-28-13-14(7-10-21(28)29)18-12-20(25-16-5-3-2-4-6-16)27-22(26-18)30-19-9-8-15(23)11-17(19)24/h2-13H,1H3,(H,25,26,27). The Labute approximate surface area is 170 Å².